The van der Waals surface area contributed by atoms with Crippen LogP contribution in [0.5, 0.6) is 0 Å². The van der Waals surface area contributed by atoms with Gasteiger partial charge in [0.05, 0.1) is 10.8 Å². The second kappa shape index (κ2) is 11.1. The topological polar surface area (TPSA) is 17.1 Å². The molecule has 1 nitrogen and oxygen atoms in total. The number of unbranched alkanes of at least 4 members (excludes halogenated alkanes) is 2. The van der Waals surface area contributed by atoms with E-state index in [9.17, 15) is 4.79 Å². The van der Waals surface area contributed by atoms with Crippen LogP contribution in [0.3, 0.4) is 0 Å². The highest BCUT2D eigenvalue weighted by Gasteiger charge is 2.79. The lowest BCUT2D eigenvalue weighted by atomic mass is 9.42. The lowest BCUT2D eigenvalue weighted by Gasteiger charge is -2.67. The second-order valence-corrected chi connectivity index (χ2v) is 13.6. The van der Waals surface area contributed by atoms with Crippen LogP contribution >= 0.6 is 23.2 Å². The molecule has 0 aromatic heterocycles. The highest BCUT2D eigenvalue weighted by atomic mass is 35.5. The first-order valence-corrected chi connectivity index (χ1v) is 15.7. The van der Waals surface area contributed by atoms with E-state index in [4.69, 9.17) is 23.2 Å². The summed E-state index contributed by atoms with van der Waals surface area (Å²) in [5.74, 6) is 1.40. The average molecular weight is 540 g/mol. The minimum absolute atomic E-state index is 0.381. The maximum absolute atomic E-state index is 13.9. The molecular formula is C34H44Cl2O. The van der Waals surface area contributed by atoms with Crippen LogP contribution in [0.1, 0.15) is 125 Å². The third-order valence-electron chi connectivity index (χ3n) is 10.3. The number of carbonyl (C=O) groups excluding carboxylic acids is 1. The Labute approximate surface area is 234 Å². The van der Waals surface area contributed by atoms with E-state index in [2.05, 4.69) is 62.4 Å². The largest absolute Gasteiger partial charge is 0.298 e. The van der Waals surface area contributed by atoms with Crippen molar-refractivity contribution in [2.45, 2.75) is 120 Å². The van der Waals surface area contributed by atoms with Crippen molar-refractivity contribution in [1.82, 2.24) is 0 Å². The van der Waals surface area contributed by atoms with Crippen molar-refractivity contribution in [1.29, 1.82) is 0 Å². The molecule has 0 radical (unpaired) electrons. The number of halogens is 2. The van der Waals surface area contributed by atoms with Gasteiger partial charge < -0.3 is 0 Å². The number of hydrogen-bond donors (Lipinski definition) is 0. The van der Waals surface area contributed by atoms with Crippen LogP contribution in [0.15, 0.2) is 48.5 Å². The van der Waals surface area contributed by atoms with Gasteiger partial charge in [-0.05, 0) is 111 Å². The quantitative estimate of drug-likeness (QED) is 0.305. The van der Waals surface area contributed by atoms with Crippen molar-refractivity contribution in [3.63, 3.8) is 0 Å². The van der Waals surface area contributed by atoms with Crippen molar-refractivity contribution in [3.05, 3.63) is 70.8 Å². The third kappa shape index (κ3) is 4.71. The van der Waals surface area contributed by atoms with Gasteiger partial charge in [0.15, 0.2) is 5.78 Å². The molecule has 5 rings (SSSR count). The van der Waals surface area contributed by atoms with Crippen LogP contribution < -0.4 is 0 Å². The Balaban J connectivity index is 1.20. The Morgan fingerprint density at radius 3 is 1.30 bits per heavy atom. The van der Waals surface area contributed by atoms with Gasteiger partial charge in [0, 0.05) is 0 Å². The summed E-state index contributed by atoms with van der Waals surface area (Å²) in [5, 5.41) is 0. The number of Topliss-reactive ketones (excluding diaryl/α,β-unsaturated/α-hetero) is 1. The van der Waals surface area contributed by atoms with E-state index in [1.165, 1.54) is 47.9 Å². The monoisotopic (exact) mass is 538 g/mol. The van der Waals surface area contributed by atoms with Crippen molar-refractivity contribution >= 4 is 29.0 Å². The number of carbonyl (C=O) groups is 1. The average Bonchev–Trinajstić information content (AvgIpc) is 2.95. The van der Waals surface area contributed by atoms with Crippen molar-refractivity contribution in [2.24, 2.45) is 10.8 Å². The van der Waals surface area contributed by atoms with Gasteiger partial charge in [-0.1, -0.05) is 98.4 Å². The Hall–Kier alpha value is -1.31. The van der Waals surface area contributed by atoms with Crippen molar-refractivity contribution < 1.29 is 4.79 Å². The van der Waals surface area contributed by atoms with Gasteiger partial charge in [0.25, 0.3) is 0 Å². The van der Waals surface area contributed by atoms with Crippen LogP contribution in [0.25, 0.3) is 0 Å². The molecule has 0 bridgehead atoms. The fraction of sp³-hybridized carbons (Fsp3) is 0.618. The molecule has 0 saturated heterocycles. The standard InChI is InChI=1S/C34H44Cl2O/c1-3-5-7-25-9-13-27(14-10-25)29-17-21-32(22-18-29)31(37)33(34(32,35)36)23-19-30(20-24-33)28-15-11-26(12-16-28)8-6-4-2/h9-16,29-30H,3-8,17-24H2,1-2H3. The summed E-state index contributed by atoms with van der Waals surface area (Å²) in [7, 11) is 0. The molecule has 3 heteroatoms. The lowest BCUT2D eigenvalue weighted by Crippen LogP contribution is -2.74. The first-order chi connectivity index (χ1) is 17.9. The second-order valence-electron chi connectivity index (χ2n) is 12.3. The summed E-state index contributed by atoms with van der Waals surface area (Å²) in [6, 6.07) is 18.4. The van der Waals surface area contributed by atoms with E-state index in [-0.39, 0.29) is 0 Å². The Kier molecular flexibility index (Phi) is 8.14. The molecule has 0 unspecified atom stereocenters. The molecule has 3 saturated carbocycles. The minimum Gasteiger partial charge on any atom is -0.298 e. The summed E-state index contributed by atoms with van der Waals surface area (Å²) in [5.41, 5.74) is 4.60. The van der Waals surface area contributed by atoms with Gasteiger partial charge in [-0.3, -0.25) is 4.79 Å². The predicted octanol–water partition coefficient (Wildman–Crippen LogP) is 10.1. The molecule has 0 atom stereocenters. The Morgan fingerprint density at radius 2 is 1.00 bits per heavy atom. The van der Waals surface area contributed by atoms with Gasteiger partial charge in [-0.25, -0.2) is 0 Å². The number of ketones is 1. The maximum Gasteiger partial charge on any atom is 0.151 e. The molecule has 2 spiro atoms. The zero-order valence-electron chi connectivity index (χ0n) is 22.8. The number of rotatable bonds is 8. The zero-order chi connectivity index (χ0) is 26.1. The van der Waals surface area contributed by atoms with E-state index in [0.29, 0.717) is 17.6 Å². The van der Waals surface area contributed by atoms with E-state index in [0.717, 1.165) is 64.2 Å². The normalized spacial score (nSPS) is 31.0. The molecule has 3 aliphatic rings. The number of hydrogen-bond acceptors (Lipinski definition) is 1. The zero-order valence-corrected chi connectivity index (χ0v) is 24.3. The van der Waals surface area contributed by atoms with Gasteiger partial charge in [-0.2, -0.15) is 0 Å². The first-order valence-electron chi connectivity index (χ1n) is 15.0. The fourth-order valence-corrected chi connectivity index (χ4v) is 8.88. The van der Waals surface area contributed by atoms with Crippen LogP contribution in [-0.4, -0.2) is 10.1 Å². The van der Waals surface area contributed by atoms with Crippen LogP contribution in [0.4, 0.5) is 0 Å². The summed E-state index contributed by atoms with van der Waals surface area (Å²) in [6.07, 6.45) is 14.6. The lowest BCUT2D eigenvalue weighted by molar-refractivity contribution is -0.170. The summed E-state index contributed by atoms with van der Waals surface area (Å²) in [4.78, 5) is 13.9. The highest BCUT2D eigenvalue weighted by molar-refractivity contribution is 6.55. The number of benzene rings is 2. The molecule has 2 aromatic rings. The molecule has 0 N–H and O–H groups in total. The van der Waals surface area contributed by atoms with Crippen molar-refractivity contribution in [2.75, 3.05) is 0 Å². The summed E-state index contributed by atoms with van der Waals surface area (Å²) < 4.78 is -0.930. The summed E-state index contributed by atoms with van der Waals surface area (Å²) in [6.45, 7) is 4.48. The van der Waals surface area contributed by atoms with E-state index < -0.39 is 15.2 Å². The molecule has 0 aliphatic heterocycles. The third-order valence-corrected chi connectivity index (χ3v) is 11.7. The van der Waals surface area contributed by atoms with Crippen LogP contribution in [0.2, 0.25) is 0 Å². The van der Waals surface area contributed by atoms with Gasteiger partial charge in [-0.15, -0.1) is 0 Å². The molecular weight excluding hydrogens is 495 g/mol. The van der Waals surface area contributed by atoms with E-state index >= 15 is 0 Å². The number of aryl methyl sites for hydroxylation is 2. The van der Waals surface area contributed by atoms with Gasteiger partial charge in [0.2, 0.25) is 0 Å². The van der Waals surface area contributed by atoms with E-state index in [1.807, 2.05) is 0 Å². The SMILES string of the molecule is CCCCc1ccc(C2CCC3(CC2)C(=O)C2(CCC(c4ccc(CCCC)cc4)CC2)C3(Cl)Cl)cc1. The smallest absolute Gasteiger partial charge is 0.151 e. The Morgan fingerprint density at radius 1 is 0.649 bits per heavy atom. The molecule has 0 amide bonds. The van der Waals surface area contributed by atoms with Crippen LogP contribution in [0, 0.1) is 10.8 Å². The minimum atomic E-state index is -0.930. The molecule has 0 heterocycles. The molecule has 37 heavy (non-hydrogen) atoms. The highest BCUT2D eigenvalue weighted by Crippen LogP contribution is 2.75. The van der Waals surface area contributed by atoms with Crippen molar-refractivity contribution in [3.8, 4) is 0 Å². The molecule has 2 aromatic carbocycles. The van der Waals surface area contributed by atoms with Crippen LogP contribution in [-0.2, 0) is 17.6 Å². The molecule has 200 valence electrons. The first kappa shape index (κ1) is 27.3. The molecule has 3 aliphatic carbocycles. The van der Waals surface area contributed by atoms with E-state index in [1.54, 1.807) is 0 Å². The van der Waals surface area contributed by atoms with Gasteiger partial charge >= 0.3 is 0 Å². The maximum atomic E-state index is 13.9. The summed E-state index contributed by atoms with van der Waals surface area (Å²) >= 11 is 14.5. The molecule has 3 fully saturated rings. The fourth-order valence-electron chi connectivity index (χ4n) is 7.78. The number of alkyl halides is 2. The predicted molar refractivity (Wildman–Crippen MR) is 157 cm³/mol. The Bertz CT molecular complexity index is 968. The van der Waals surface area contributed by atoms with Gasteiger partial charge in [0.1, 0.15) is 4.33 Å².